The molecular formula is C126H93BBrN4O2S2Si2. The molecule has 26 aromatic rings. The van der Waals surface area contributed by atoms with Crippen molar-refractivity contribution in [2.45, 2.75) is 38.9 Å². The van der Waals surface area contributed by atoms with E-state index in [2.05, 4.69) is 520 Å². The Labute approximate surface area is 821 Å². The van der Waals surface area contributed by atoms with Crippen LogP contribution in [-0.2, 0) is 4.65 Å². The lowest BCUT2D eigenvalue weighted by molar-refractivity contribution is -0.0893. The summed E-state index contributed by atoms with van der Waals surface area (Å²) < 4.78 is 17.2. The van der Waals surface area contributed by atoms with Crippen LogP contribution in [0.4, 0.5) is 34.1 Å². The molecule has 659 valence electrons. The molecule has 1 radical (unpaired) electrons. The number of para-hydroxylation sites is 4. The largest absolute Gasteiger partial charge is 0.427 e. The molecule has 6 heterocycles. The highest BCUT2D eigenvalue weighted by molar-refractivity contribution is 9.10. The maximum absolute atomic E-state index is 10.6. The van der Waals surface area contributed by atoms with Gasteiger partial charge in [0.1, 0.15) is 0 Å². The zero-order chi connectivity index (χ0) is 92.8. The van der Waals surface area contributed by atoms with Crippen LogP contribution in [0.25, 0.3) is 128 Å². The number of hydrogen-bond acceptors (Lipinski definition) is 6. The lowest BCUT2D eigenvalue weighted by Crippen LogP contribution is -2.74. The normalized spacial score (nSPS) is 12.2. The Kier molecular flexibility index (Phi) is 21.9. The minimum atomic E-state index is -2.69. The Morgan fingerprint density at radius 1 is 0.254 bits per heavy atom. The van der Waals surface area contributed by atoms with Crippen LogP contribution in [0.1, 0.15) is 27.7 Å². The fourth-order valence-electron chi connectivity index (χ4n) is 21.3. The zero-order valence-electron chi connectivity index (χ0n) is 76.6. The molecule has 26 rings (SSSR count). The minimum absolute atomic E-state index is 0.753. The van der Waals surface area contributed by atoms with Crippen LogP contribution in [-0.4, -0.2) is 48.7 Å². The monoisotopic (exact) mass is 1900 g/mol. The Hall–Kier alpha value is -15.1. The van der Waals surface area contributed by atoms with Crippen molar-refractivity contribution in [2.75, 3.05) is 9.80 Å². The van der Waals surface area contributed by atoms with E-state index in [0.29, 0.717) is 0 Å². The van der Waals surface area contributed by atoms with E-state index >= 15 is 0 Å². The fraction of sp³-hybridized carbons (Fsp3) is 0.0476. The second kappa shape index (κ2) is 35.2. The van der Waals surface area contributed by atoms with Crippen LogP contribution in [0.2, 0.25) is 0 Å². The third-order valence-corrected chi connectivity index (χ3v) is 40.9. The first-order chi connectivity index (χ1) is 67.7. The lowest BCUT2D eigenvalue weighted by Gasteiger charge is -2.37. The molecule has 0 aliphatic heterocycles. The van der Waals surface area contributed by atoms with Crippen LogP contribution >= 0.6 is 38.6 Å². The van der Waals surface area contributed by atoms with Crippen molar-refractivity contribution in [3.63, 3.8) is 0 Å². The number of aromatic nitrogens is 2. The van der Waals surface area contributed by atoms with Crippen molar-refractivity contribution in [1.29, 1.82) is 0 Å². The van der Waals surface area contributed by atoms with E-state index in [9.17, 15) is 5.11 Å². The zero-order valence-corrected chi connectivity index (χ0v) is 81.8. The van der Waals surface area contributed by atoms with Gasteiger partial charge in [0.15, 0.2) is 16.1 Å². The molecule has 0 saturated carbocycles. The number of aliphatic hydroxyl groups is 1. The average molecular weight is 1910 g/mol. The van der Waals surface area contributed by atoms with Crippen molar-refractivity contribution in [2.24, 2.45) is 0 Å². The molecule has 0 spiro atoms. The van der Waals surface area contributed by atoms with E-state index in [4.69, 9.17) is 4.65 Å². The summed E-state index contributed by atoms with van der Waals surface area (Å²) in [6, 6.07) is 178. The van der Waals surface area contributed by atoms with Crippen molar-refractivity contribution >= 4 is 260 Å². The number of hydrogen-bond donors (Lipinski definition) is 1. The van der Waals surface area contributed by atoms with Crippen LogP contribution in [0.5, 0.6) is 0 Å². The van der Waals surface area contributed by atoms with Crippen molar-refractivity contribution in [3.8, 4) is 11.1 Å². The van der Waals surface area contributed by atoms with E-state index in [-0.39, 0.29) is 0 Å². The predicted octanol–water partition coefficient (Wildman–Crippen LogP) is 28.0. The Morgan fingerprint density at radius 3 is 0.935 bits per heavy atom. The van der Waals surface area contributed by atoms with Crippen LogP contribution in [0, 0.1) is 0 Å². The molecule has 138 heavy (non-hydrogen) atoms. The molecule has 0 atom stereocenters. The van der Waals surface area contributed by atoms with Crippen molar-refractivity contribution in [1.82, 2.24) is 8.80 Å². The molecule has 0 amide bonds. The average Bonchev–Trinajstić information content (AvgIpc) is 1.53. The maximum atomic E-state index is 10.6. The molecule has 0 unspecified atom stereocenters. The fourth-order valence-corrected chi connectivity index (χ4v) is 33.5. The number of halogens is 1. The third kappa shape index (κ3) is 14.7. The number of fused-ring (bicyclic) bond motifs is 18. The van der Waals surface area contributed by atoms with Gasteiger partial charge < -0.3 is 28.4 Å². The summed E-state index contributed by atoms with van der Waals surface area (Å²) in [6.07, 6.45) is 0. The first-order valence-electron chi connectivity index (χ1n) is 47.1. The summed E-state index contributed by atoms with van der Waals surface area (Å²) in [6.45, 7) is 7.34. The highest BCUT2D eigenvalue weighted by Crippen LogP contribution is 2.47. The number of thiophene rings is 2. The smallest absolute Gasteiger partial charge is 0.330 e. The highest BCUT2D eigenvalue weighted by atomic mass is 79.9. The van der Waals surface area contributed by atoms with E-state index in [1.54, 1.807) is 21.3 Å². The predicted molar refractivity (Wildman–Crippen MR) is 601 cm³/mol. The van der Waals surface area contributed by atoms with Crippen molar-refractivity contribution < 1.29 is 9.76 Å². The van der Waals surface area contributed by atoms with Gasteiger partial charge in [0, 0.05) is 122 Å². The topological polar surface area (TPSA) is 44.8 Å². The Morgan fingerprint density at radius 2 is 0.543 bits per heavy atom. The van der Waals surface area contributed by atoms with Crippen LogP contribution in [0.15, 0.2) is 490 Å². The number of benzene rings is 20. The molecule has 0 aliphatic carbocycles. The molecule has 1 N–H and O–H groups in total. The number of nitrogens with zero attached hydrogens (tertiary/aromatic N) is 4. The van der Waals surface area contributed by atoms with Gasteiger partial charge in [-0.1, -0.05) is 379 Å². The molecule has 6 nitrogen and oxygen atoms in total. The molecular weight excluding hydrogens is 1810 g/mol. The summed E-state index contributed by atoms with van der Waals surface area (Å²) in [7, 11) is -3.62. The highest BCUT2D eigenvalue weighted by Gasteiger charge is 2.44. The summed E-state index contributed by atoms with van der Waals surface area (Å²) in [5.74, 6) is 0. The molecule has 20 aromatic carbocycles. The first-order valence-corrected chi connectivity index (χ1v) is 53.6. The molecule has 6 aromatic heterocycles. The Balaban J connectivity index is 0.000000126. The van der Waals surface area contributed by atoms with Crippen molar-refractivity contribution in [3.05, 3.63) is 490 Å². The van der Waals surface area contributed by atoms with Gasteiger partial charge in [0.05, 0.1) is 44.3 Å². The van der Waals surface area contributed by atoms with Gasteiger partial charge in [-0.2, -0.15) is 0 Å². The summed E-state index contributed by atoms with van der Waals surface area (Å²) >= 11 is 7.28. The summed E-state index contributed by atoms with van der Waals surface area (Å²) in [5, 5.41) is 37.1. The third-order valence-electron chi connectivity index (χ3n) is 28.6. The Bertz CT molecular complexity index is 8780. The van der Waals surface area contributed by atoms with Gasteiger partial charge in [-0.3, -0.25) is 0 Å². The van der Waals surface area contributed by atoms with E-state index in [0.717, 1.165) is 44.1 Å². The number of anilines is 6. The van der Waals surface area contributed by atoms with Gasteiger partial charge in [0.25, 0.3) is 0 Å². The summed E-state index contributed by atoms with van der Waals surface area (Å²) in [4.78, 5) is 4.77. The SMILES string of the molecule is Brc1ccc2c(c1)c1cccc3c4ccccc4n2c31.CC(C)(O)C(C)(C)O[B]c1ccc(N(c2ccc([Si](c3ccccc3)(c3ccccc3)c3ccccc3)cc2)c2ccc3c(c2)sc2ccccc23)cc1.c1ccc([Si](c2ccccc2)(c2ccccc2)c2ccc(N(c3ccc(-c4ccc5c(c4)c4cccc6c7ccccc7n5c64)cc3)c3ccc4c(c3)sc3ccccc34)cc2)cc1. The molecule has 0 bridgehead atoms. The second-order valence-corrected chi connectivity index (χ2v) is 47.7. The van der Waals surface area contributed by atoms with Crippen LogP contribution < -0.4 is 56.8 Å². The second-order valence-electron chi connectivity index (χ2n) is 37.0. The standard InChI is InChI=1S/C60H40N2SSi.C48H43BNO2SSi.C18H10BrN/c1-4-15-46(16-5-1)64(47-17-6-2-7-18-47,48-19-8-3-9-20-48)49-35-32-44(33-36-49)61(45-34-37-52-51-22-11-13-26-58(51)63-59(52)40-45)43-30-27-41(28-31-43)42-29-38-57-55(39-42)54-24-14-23-53-50-21-10-12-25-56(50)62(57)60(53)54;1-47(2,51)48(3,4)52-49-35-24-26-36(27-25-35)50(38-30-33-44-43-22-14-15-23-45(43)53-46(44)34-38)37-28-31-42(32-29-37)54(39-16-8-5-9-17-39,40-18-10-6-11-19-40)41-20-12-7-13-21-41;19-11-8-9-17-15(10-11)14-6-3-5-13-12-4-1-2-7-16(12)20(17)18(13)14/h1-40H;5-34,51H,1-4H3;1-10H. The van der Waals surface area contributed by atoms with Crippen LogP contribution in [0.3, 0.4) is 0 Å². The van der Waals surface area contributed by atoms with E-state index in [1.807, 2.05) is 36.5 Å². The van der Waals surface area contributed by atoms with Gasteiger partial charge >= 0.3 is 7.48 Å². The maximum Gasteiger partial charge on any atom is 0.330 e. The van der Waals surface area contributed by atoms with Gasteiger partial charge in [-0.05, 0) is 208 Å². The molecule has 0 saturated heterocycles. The molecule has 12 heteroatoms. The van der Waals surface area contributed by atoms with Gasteiger partial charge in [0.2, 0.25) is 0 Å². The van der Waals surface area contributed by atoms with Gasteiger partial charge in [-0.15, -0.1) is 22.7 Å². The quantitative estimate of drug-likeness (QED) is 0.0647. The molecule has 0 aliphatic rings. The summed E-state index contributed by atoms with van der Waals surface area (Å²) in [5.41, 5.74) is 15.9. The number of rotatable bonds is 19. The van der Waals surface area contributed by atoms with E-state index < -0.39 is 27.3 Å². The first kappa shape index (κ1) is 85.8. The van der Waals surface area contributed by atoms with Gasteiger partial charge in [-0.25, -0.2) is 0 Å². The minimum Gasteiger partial charge on any atom is -0.427 e. The van der Waals surface area contributed by atoms with E-state index in [1.165, 1.54) is 169 Å². The lowest BCUT2D eigenvalue weighted by atomic mass is 9.82. The molecule has 0 fully saturated rings.